The first kappa shape index (κ1) is 12.7. The fraction of sp³-hybridized carbons (Fsp3) is 0.312. The molecule has 1 aromatic carbocycles. The van der Waals surface area contributed by atoms with Crippen LogP contribution in [0.3, 0.4) is 0 Å². The highest BCUT2D eigenvalue weighted by atomic mass is 79.9. The van der Waals surface area contributed by atoms with E-state index in [4.69, 9.17) is 0 Å². The summed E-state index contributed by atoms with van der Waals surface area (Å²) in [6.07, 6.45) is 4.51. The molecule has 0 N–H and O–H groups in total. The van der Waals surface area contributed by atoms with Crippen LogP contribution in [0.15, 0.2) is 45.7 Å². The third kappa shape index (κ3) is 2.52. The summed E-state index contributed by atoms with van der Waals surface area (Å²) in [5.74, 6) is 0. The molecule has 1 aliphatic rings. The molecule has 0 amide bonds. The van der Waals surface area contributed by atoms with Crippen molar-refractivity contribution in [3.8, 4) is 0 Å². The van der Waals surface area contributed by atoms with E-state index < -0.39 is 0 Å². The predicted octanol–water partition coefficient (Wildman–Crippen LogP) is 3.54. The quantitative estimate of drug-likeness (QED) is 0.830. The third-order valence-electron chi connectivity index (χ3n) is 3.74. The van der Waals surface area contributed by atoms with Crippen LogP contribution in [0.5, 0.6) is 0 Å². The van der Waals surface area contributed by atoms with Gasteiger partial charge >= 0.3 is 0 Å². The van der Waals surface area contributed by atoms with Gasteiger partial charge in [-0.25, -0.2) is 0 Å². The molecular formula is C16H16BrNO. The summed E-state index contributed by atoms with van der Waals surface area (Å²) >= 11 is 3.41. The molecule has 3 heteroatoms. The normalized spacial score (nSPS) is 14.2. The van der Waals surface area contributed by atoms with Crippen LogP contribution >= 0.6 is 15.9 Å². The molecule has 2 nitrogen and oxygen atoms in total. The van der Waals surface area contributed by atoms with Crippen LogP contribution in [-0.4, -0.2) is 4.57 Å². The third-order valence-corrected chi connectivity index (χ3v) is 4.31. The molecule has 98 valence electrons. The number of aromatic nitrogens is 1. The second-order valence-corrected chi connectivity index (χ2v) is 5.90. The minimum absolute atomic E-state index is 0.0875. The van der Waals surface area contributed by atoms with Gasteiger partial charge in [0, 0.05) is 5.69 Å². The van der Waals surface area contributed by atoms with Gasteiger partial charge in [-0.2, -0.15) is 0 Å². The first-order chi connectivity index (χ1) is 9.25. The monoisotopic (exact) mass is 317 g/mol. The summed E-state index contributed by atoms with van der Waals surface area (Å²) in [5.41, 5.74) is 3.82. The standard InChI is InChI=1S/C16H16BrNO/c17-14-10-13-8-4-5-9-15(13)18(16(14)19)11-12-6-2-1-3-7-12/h1-3,6-7,10H,4-5,8-9,11H2. The Morgan fingerprint density at radius 1 is 1.11 bits per heavy atom. The minimum atomic E-state index is 0.0875. The summed E-state index contributed by atoms with van der Waals surface area (Å²) in [4.78, 5) is 12.4. The summed E-state index contributed by atoms with van der Waals surface area (Å²) < 4.78 is 2.62. The van der Waals surface area contributed by atoms with Crippen LogP contribution in [0.25, 0.3) is 0 Å². The zero-order valence-corrected chi connectivity index (χ0v) is 12.3. The molecule has 1 heterocycles. The number of nitrogens with zero attached hydrogens (tertiary/aromatic N) is 1. The SMILES string of the molecule is O=c1c(Br)cc2c(n1Cc1ccccc1)CCCC2. The molecule has 2 aromatic rings. The number of hydrogen-bond acceptors (Lipinski definition) is 1. The summed E-state index contributed by atoms with van der Waals surface area (Å²) in [6.45, 7) is 0.668. The average molecular weight is 318 g/mol. The Hall–Kier alpha value is -1.35. The zero-order chi connectivity index (χ0) is 13.2. The maximum atomic E-state index is 12.4. The highest BCUT2D eigenvalue weighted by molar-refractivity contribution is 9.10. The van der Waals surface area contributed by atoms with E-state index in [1.165, 1.54) is 29.7 Å². The van der Waals surface area contributed by atoms with Gasteiger partial charge in [-0.1, -0.05) is 30.3 Å². The lowest BCUT2D eigenvalue weighted by Crippen LogP contribution is -2.27. The Labute approximate surface area is 121 Å². The molecule has 19 heavy (non-hydrogen) atoms. The smallest absolute Gasteiger partial charge is 0.265 e. The van der Waals surface area contributed by atoms with E-state index in [9.17, 15) is 4.79 Å². The molecule has 0 aliphatic heterocycles. The predicted molar refractivity (Wildman–Crippen MR) is 80.6 cm³/mol. The second-order valence-electron chi connectivity index (χ2n) is 5.05. The zero-order valence-electron chi connectivity index (χ0n) is 10.7. The van der Waals surface area contributed by atoms with Crippen LogP contribution in [-0.2, 0) is 19.4 Å². The number of aryl methyl sites for hydroxylation is 1. The Kier molecular flexibility index (Phi) is 3.56. The van der Waals surface area contributed by atoms with Gasteiger partial charge in [-0.3, -0.25) is 4.79 Å². The molecule has 0 fully saturated rings. The molecule has 0 unspecified atom stereocenters. The van der Waals surface area contributed by atoms with Crippen molar-refractivity contribution in [2.45, 2.75) is 32.2 Å². The molecule has 0 atom stereocenters. The molecule has 0 spiro atoms. The second kappa shape index (κ2) is 5.33. The van der Waals surface area contributed by atoms with Crippen molar-refractivity contribution in [2.75, 3.05) is 0 Å². The van der Waals surface area contributed by atoms with E-state index in [0.29, 0.717) is 11.0 Å². The van der Waals surface area contributed by atoms with Gasteiger partial charge in [0.15, 0.2) is 0 Å². The number of benzene rings is 1. The van der Waals surface area contributed by atoms with E-state index in [2.05, 4.69) is 28.1 Å². The summed E-state index contributed by atoms with van der Waals surface area (Å²) in [5, 5.41) is 0. The van der Waals surface area contributed by atoms with Crippen molar-refractivity contribution in [3.05, 3.63) is 68.0 Å². The number of fused-ring (bicyclic) bond motifs is 1. The molecule has 3 rings (SSSR count). The van der Waals surface area contributed by atoms with Crippen molar-refractivity contribution >= 4 is 15.9 Å². The molecule has 1 aliphatic carbocycles. The van der Waals surface area contributed by atoms with Crippen LogP contribution in [0.2, 0.25) is 0 Å². The van der Waals surface area contributed by atoms with Crippen molar-refractivity contribution in [3.63, 3.8) is 0 Å². The molecule has 0 bridgehead atoms. The first-order valence-corrected chi connectivity index (χ1v) is 7.50. The number of halogens is 1. The maximum absolute atomic E-state index is 12.4. The van der Waals surface area contributed by atoms with Gasteiger partial charge in [-0.05, 0) is 58.8 Å². The molecule has 1 aromatic heterocycles. The lowest BCUT2D eigenvalue weighted by atomic mass is 9.95. The van der Waals surface area contributed by atoms with Crippen molar-refractivity contribution in [1.82, 2.24) is 4.57 Å². The Bertz CT molecular complexity index is 646. The van der Waals surface area contributed by atoms with Gasteiger partial charge in [0.2, 0.25) is 0 Å². The number of pyridine rings is 1. The fourth-order valence-electron chi connectivity index (χ4n) is 2.78. The van der Waals surface area contributed by atoms with E-state index in [-0.39, 0.29) is 5.56 Å². The van der Waals surface area contributed by atoms with Gasteiger partial charge < -0.3 is 4.57 Å². The highest BCUT2D eigenvalue weighted by Gasteiger charge is 2.16. The maximum Gasteiger partial charge on any atom is 0.265 e. The summed E-state index contributed by atoms with van der Waals surface area (Å²) in [7, 11) is 0. The lowest BCUT2D eigenvalue weighted by Gasteiger charge is -2.21. The van der Waals surface area contributed by atoms with Crippen LogP contribution in [0.1, 0.15) is 29.7 Å². The van der Waals surface area contributed by atoms with Gasteiger partial charge in [-0.15, -0.1) is 0 Å². The minimum Gasteiger partial charge on any atom is -0.307 e. The Balaban J connectivity index is 2.09. The molecule has 0 saturated heterocycles. The van der Waals surface area contributed by atoms with E-state index in [1.807, 2.05) is 28.8 Å². The van der Waals surface area contributed by atoms with Gasteiger partial charge in [0.1, 0.15) is 0 Å². The van der Waals surface area contributed by atoms with E-state index in [1.54, 1.807) is 0 Å². The van der Waals surface area contributed by atoms with Crippen molar-refractivity contribution in [1.29, 1.82) is 0 Å². The average Bonchev–Trinajstić information content (AvgIpc) is 2.45. The lowest BCUT2D eigenvalue weighted by molar-refractivity contribution is 0.599. The van der Waals surface area contributed by atoms with Gasteiger partial charge in [0.25, 0.3) is 5.56 Å². The van der Waals surface area contributed by atoms with Gasteiger partial charge in [0.05, 0.1) is 11.0 Å². The van der Waals surface area contributed by atoms with Crippen LogP contribution < -0.4 is 5.56 Å². The van der Waals surface area contributed by atoms with E-state index in [0.717, 1.165) is 12.8 Å². The topological polar surface area (TPSA) is 22.0 Å². The molecular weight excluding hydrogens is 302 g/mol. The number of rotatable bonds is 2. The van der Waals surface area contributed by atoms with E-state index >= 15 is 0 Å². The summed E-state index contributed by atoms with van der Waals surface area (Å²) in [6, 6.07) is 12.2. The largest absolute Gasteiger partial charge is 0.307 e. The Morgan fingerprint density at radius 3 is 2.63 bits per heavy atom. The van der Waals surface area contributed by atoms with Crippen molar-refractivity contribution < 1.29 is 0 Å². The van der Waals surface area contributed by atoms with Crippen LogP contribution in [0, 0.1) is 0 Å². The molecule has 0 radical (unpaired) electrons. The highest BCUT2D eigenvalue weighted by Crippen LogP contribution is 2.23. The first-order valence-electron chi connectivity index (χ1n) is 6.71. The van der Waals surface area contributed by atoms with Crippen LogP contribution in [0.4, 0.5) is 0 Å². The Morgan fingerprint density at radius 2 is 1.84 bits per heavy atom. The molecule has 0 saturated carbocycles. The number of hydrogen-bond donors (Lipinski definition) is 0. The fourth-order valence-corrected chi connectivity index (χ4v) is 3.27. The van der Waals surface area contributed by atoms with Crippen molar-refractivity contribution in [2.24, 2.45) is 0 Å².